The van der Waals surface area contributed by atoms with Crippen molar-refractivity contribution in [3.8, 4) is 0 Å². The number of amides is 1. The molecule has 3 aliphatic rings. The molecule has 208 valence electrons. The maximum Gasteiger partial charge on any atom is 0.253 e. The van der Waals surface area contributed by atoms with Crippen LogP contribution in [0.4, 0.5) is 17.5 Å². The number of anilines is 3. The number of nitrogens with two attached hydrogens (primary N) is 1. The predicted octanol–water partition coefficient (Wildman–Crippen LogP) is 4.00. The molecule has 0 radical (unpaired) electrons. The highest BCUT2D eigenvalue weighted by Crippen LogP contribution is 2.40. The molecule has 2 aliphatic heterocycles. The van der Waals surface area contributed by atoms with Crippen LogP contribution in [0.3, 0.4) is 0 Å². The van der Waals surface area contributed by atoms with Crippen LogP contribution in [0.2, 0.25) is 0 Å². The van der Waals surface area contributed by atoms with Crippen LogP contribution in [0.15, 0.2) is 30.6 Å². The van der Waals surface area contributed by atoms with Crippen molar-refractivity contribution in [3.63, 3.8) is 0 Å². The first-order valence-electron chi connectivity index (χ1n) is 14.6. The molecule has 10 nitrogen and oxygen atoms in total. The van der Waals surface area contributed by atoms with Crippen molar-refractivity contribution >= 4 is 34.5 Å². The second-order valence-electron chi connectivity index (χ2n) is 11.6. The molecular formula is C29H41N9O. The van der Waals surface area contributed by atoms with Gasteiger partial charge in [0.25, 0.3) is 5.91 Å². The van der Waals surface area contributed by atoms with E-state index in [1.165, 1.54) is 12.8 Å². The van der Waals surface area contributed by atoms with Crippen molar-refractivity contribution in [1.82, 2.24) is 29.3 Å². The van der Waals surface area contributed by atoms with Crippen molar-refractivity contribution in [1.29, 1.82) is 0 Å². The first-order valence-corrected chi connectivity index (χ1v) is 14.6. The molecule has 4 heterocycles. The van der Waals surface area contributed by atoms with Crippen molar-refractivity contribution in [2.75, 3.05) is 56.4 Å². The van der Waals surface area contributed by atoms with Gasteiger partial charge >= 0.3 is 0 Å². The summed E-state index contributed by atoms with van der Waals surface area (Å²) < 4.78 is 2.22. The monoisotopic (exact) mass is 531 g/mol. The summed E-state index contributed by atoms with van der Waals surface area (Å²) in [6, 6.07) is 8.15. The molecule has 2 saturated heterocycles. The number of unbranched alkanes of at least 4 members (excludes halogenated alkanes) is 2. The summed E-state index contributed by atoms with van der Waals surface area (Å²) in [7, 11) is 0. The number of likely N-dealkylation sites (tertiary alicyclic amines) is 2. The van der Waals surface area contributed by atoms with E-state index >= 15 is 0 Å². The van der Waals surface area contributed by atoms with Gasteiger partial charge in [-0.3, -0.25) is 4.79 Å². The smallest absolute Gasteiger partial charge is 0.253 e. The summed E-state index contributed by atoms with van der Waals surface area (Å²) in [6.07, 6.45) is 9.84. The first-order chi connectivity index (χ1) is 19.1. The number of hydrogen-bond acceptors (Lipinski definition) is 8. The van der Waals surface area contributed by atoms with E-state index in [1.54, 1.807) is 0 Å². The van der Waals surface area contributed by atoms with Gasteiger partial charge in [0.2, 0.25) is 5.95 Å². The average molecular weight is 532 g/mol. The first kappa shape index (κ1) is 26.0. The van der Waals surface area contributed by atoms with Gasteiger partial charge in [-0.05, 0) is 63.0 Å². The van der Waals surface area contributed by atoms with E-state index in [1.807, 2.05) is 35.5 Å². The number of nitrogens with zero attached hydrogens (tertiary/aromatic N) is 6. The molecular weight excluding hydrogens is 490 g/mol. The van der Waals surface area contributed by atoms with Gasteiger partial charge in [-0.1, -0.05) is 26.2 Å². The number of aromatic nitrogens is 4. The third kappa shape index (κ3) is 5.32. The number of nitrogens with one attached hydrogen (secondary N) is 2. The molecule has 0 unspecified atom stereocenters. The molecule has 6 rings (SSSR count). The van der Waals surface area contributed by atoms with E-state index in [0.717, 1.165) is 100 Å². The Labute approximate surface area is 230 Å². The SMILES string of the molecule is CCN1CC2(C1)CN(C(=O)c1ccc(Nc3nc(NCCCCCN)nc4c3ncn4C3CCCC3)cc1)C2. The van der Waals surface area contributed by atoms with Crippen LogP contribution in [0.1, 0.15) is 68.3 Å². The van der Waals surface area contributed by atoms with Gasteiger partial charge in [-0.15, -0.1) is 0 Å². The lowest BCUT2D eigenvalue weighted by Crippen LogP contribution is -2.72. The lowest BCUT2D eigenvalue weighted by molar-refractivity contribution is -0.0958. The normalized spacial score (nSPS) is 18.9. The zero-order valence-corrected chi connectivity index (χ0v) is 23.0. The van der Waals surface area contributed by atoms with E-state index in [0.29, 0.717) is 23.2 Å². The number of rotatable bonds is 11. The number of carbonyl (C=O) groups excluding carboxylic acids is 1. The van der Waals surface area contributed by atoms with Crippen LogP contribution in [0.5, 0.6) is 0 Å². The summed E-state index contributed by atoms with van der Waals surface area (Å²) in [5, 5.41) is 6.86. The van der Waals surface area contributed by atoms with Crippen LogP contribution in [-0.4, -0.2) is 81.0 Å². The Balaban J connectivity index is 1.16. The minimum Gasteiger partial charge on any atom is -0.354 e. The molecule has 10 heteroatoms. The fourth-order valence-electron chi connectivity index (χ4n) is 6.43. The molecule has 0 atom stereocenters. The maximum absolute atomic E-state index is 13.0. The lowest BCUT2D eigenvalue weighted by Gasteiger charge is -2.60. The van der Waals surface area contributed by atoms with Crippen LogP contribution >= 0.6 is 0 Å². The van der Waals surface area contributed by atoms with Gasteiger partial charge in [0.05, 0.1) is 6.33 Å². The Morgan fingerprint density at radius 3 is 2.54 bits per heavy atom. The van der Waals surface area contributed by atoms with Crippen LogP contribution in [0.25, 0.3) is 11.2 Å². The van der Waals surface area contributed by atoms with Gasteiger partial charge in [-0.25, -0.2) is 4.98 Å². The molecule has 0 bridgehead atoms. The second kappa shape index (κ2) is 11.1. The Hall–Kier alpha value is -3.24. The minimum absolute atomic E-state index is 0.114. The molecule has 4 N–H and O–H groups in total. The molecule has 1 spiro atoms. The Kier molecular flexibility index (Phi) is 7.40. The van der Waals surface area contributed by atoms with Gasteiger partial charge < -0.3 is 30.7 Å². The summed E-state index contributed by atoms with van der Waals surface area (Å²) in [4.78, 5) is 31.8. The molecule has 1 aliphatic carbocycles. The quantitative estimate of drug-likeness (QED) is 0.318. The Bertz CT molecular complexity index is 1280. The zero-order chi connectivity index (χ0) is 26.8. The summed E-state index contributed by atoms with van der Waals surface area (Å²) >= 11 is 0. The fourth-order valence-corrected chi connectivity index (χ4v) is 6.43. The molecule has 1 saturated carbocycles. The largest absolute Gasteiger partial charge is 0.354 e. The van der Waals surface area contributed by atoms with Gasteiger partial charge in [0.1, 0.15) is 0 Å². The molecule has 1 aromatic carbocycles. The summed E-state index contributed by atoms with van der Waals surface area (Å²) in [5.74, 6) is 1.40. The highest BCUT2D eigenvalue weighted by atomic mass is 16.2. The Morgan fingerprint density at radius 1 is 1.05 bits per heavy atom. The van der Waals surface area contributed by atoms with Crippen molar-refractivity contribution in [3.05, 3.63) is 36.2 Å². The van der Waals surface area contributed by atoms with Crippen molar-refractivity contribution in [2.24, 2.45) is 11.1 Å². The van der Waals surface area contributed by atoms with Crippen molar-refractivity contribution in [2.45, 2.75) is 57.9 Å². The fraction of sp³-hybridized carbons (Fsp3) is 0.586. The maximum atomic E-state index is 13.0. The third-order valence-corrected chi connectivity index (χ3v) is 8.60. The molecule has 3 fully saturated rings. The molecule has 1 amide bonds. The van der Waals surface area contributed by atoms with E-state index in [9.17, 15) is 4.79 Å². The average Bonchev–Trinajstić information content (AvgIpc) is 3.58. The van der Waals surface area contributed by atoms with E-state index in [-0.39, 0.29) is 5.91 Å². The zero-order valence-electron chi connectivity index (χ0n) is 23.0. The van der Waals surface area contributed by atoms with Crippen LogP contribution in [-0.2, 0) is 0 Å². The van der Waals surface area contributed by atoms with Gasteiger partial charge in [0.15, 0.2) is 17.0 Å². The minimum atomic E-state index is 0.114. The molecule has 39 heavy (non-hydrogen) atoms. The summed E-state index contributed by atoms with van der Waals surface area (Å²) in [5.41, 5.74) is 9.19. The van der Waals surface area contributed by atoms with Gasteiger partial charge in [-0.2, -0.15) is 9.97 Å². The van der Waals surface area contributed by atoms with Gasteiger partial charge in [0, 0.05) is 55.4 Å². The number of fused-ring (bicyclic) bond motifs is 1. The number of hydrogen-bond donors (Lipinski definition) is 3. The predicted molar refractivity (Wildman–Crippen MR) is 154 cm³/mol. The standard InChI is InChI=1S/C29H41N9O/c1-2-36-16-29(17-36)18-37(19-29)27(39)21-10-12-22(13-11-21)33-25-24-26(38(20-32-24)23-8-4-5-9-23)35-28(34-25)31-15-7-3-6-14-30/h10-13,20,23H,2-9,14-19,30H2,1H3,(H2,31,33,34,35). The Morgan fingerprint density at radius 2 is 1.82 bits per heavy atom. The second-order valence-corrected chi connectivity index (χ2v) is 11.6. The number of benzene rings is 1. The number of imidazole rings is 1. The highest BCUT2D eigenvalue weighted by molar-refractivity contribution is 5.95. The van der Waals surface area contributed by atoms with E-state index in [4.69, 9.17) is 20.7 Å². The number of carbonyl (C=O) groups is 1. The summed E-state index contributed by atoms with van der Waals surface area (Å²) in [6.45, 7) is 8.77. The topological polar surface area (TPSA) is 117 Å². The van der Waals surface area contributed by atoms with E-state index in [2.05, 4.69) is 27.0 Å². The van der Waals surface area contributed by atoms with E-state index < -0.39 is 0 Å². The van der Waals surface area contributed by atoms with Crippen molar-refractivity contribution < 1.29 is 4.79 Å². The van der Waals surface area contributed by atoms with Crippen LogP contribution < -0.4 is 16.4 Å². The highest BCUT2D eigenvalue weighted by Gasteiger charge is 2.52. The lowest BCUT2D eigenvalue weighted by atomic mass is 9.72. The van der Waals surface area contributed by atoms with Crippen LogP contribution in [0, 0.1) is 5.41 Å². The third-order valence-electron chi connectivity index (χ3n) is 8.60. The molecule has 2 aromatic heterocycles. The molecule has 3 aromatic rings.